The molecule has 1 atom stereocenters. The zero-order valence-corrected chi connectivity index (χ0v) is 11.6. The van der Waals surface area contributed by atoms with Gasteiger partial charge >= 0.3 is 0 Å². The van der Waals surface area contributed by atoms with Crippen molar-refractivity contribution in [2.24, 2.45) is 11.3 Å². The van der Waals surface area contributed by atoms with Gasteiger partial charge in [-0.1, -0.05) is 20.8 Å². The maximum Gasteiger partial charge on any atom is 0.226 e. The van der Waals surface area contributed by atoms with Crippen molar-refractivity contribution in [1.29, 1.82) is 0 Å². The Morgan fingerprint density at radius 1 is 1.22 bits per heavy atom. The van der Waals surface area contributed by atoms with Crippen LogP contribution in [0.1, 0.15) is 47.0 Å². The minimum atomic E-state index is -1.95. The smallest absolute Gasteiger partial charge is 0.226 e. The van der Waals surface area contributed by atoms with Crippen LogP contribution < -0.4 is 0 Å². The molecule has 4 N–H and O–H groups in total. The monoisotopic (exact) mass is 259 g/mol. The maximum absolute atomic E-state index is 10.6. The van der Waals surface area contributed by atoms with Crippen LogP contribution in [0.2, 0.25) is 0 Å². The third-order valence-electron chi connectivity index (χ3n) is 5.27. The molecule has 2 aliphatic rings. The van der Waals surface area contributed by atoms with Crippen molar-refractivity contribution in [3.63, 3.8) is 0 Å². The third kappa shape index (κ3) is 1.45. The lowest BCUT2D eigenvalue weighted by Gasteiger charge is -2.51. The highest BCUT2D eigenvalue weighted by Crippen LogP contribution is 2.69. The normalized spacial score (nSPS) is 34.5. The van der Waals surface area contributed by atoms with Gasteiger partial charge in [0.25, 0.3) is 0 Å². The summed E-state index contributed by atoms with van der Waals surface area (Å²) in [4.78, 5) is 1.44. The second-order valence-electron chi connectivity index (χ2n) is 6.43. The van der Waals surface area contributed by atoms with Gasteiger partial charge in [-0.15, -0.1) is 0 Å². The van der Waals surface area contributed by atoms with Gasteiger partial charge in [-0.05, 0) is 19.8 Å². The Labute approximate surface area is 108 Å². The molecule has 0 radical (unpaired) electrons. The Morgan fingerprint density at radius 2 is 1.72 bits per heavy atom. The van der Waals surface area contributed by atoms with E-state index in [-0.39, 0.29) is 12.3 Å². The number of aliphatic hydroxyl groups is 4. The fourth-order valence-electron chi connectivity index (χ4n) is 3.90. The zero-order valence-electron chi connectivity index (χ0n) is 11.6. The first-order chi connectivity index (χ1) is 8.05. The van der Waals surface area contributed by atoms with E-state index in [9.17, 15) is 20.4 Å². The van der Waals surface area contributed by atoms with E-state index in [4.69, 9.17) is 0 Å². The van der Waals surface area contributed by atoms with Crippen LogP contribution in [-0.2, 0) is 0 Å². The second kappa shape index (κ2) is 3.67. The first-order valence-electron chi connectivity index (χ1n) is 6.72. The quantitative estimate of drug-likeness (QED) is 0.545. The van der Waals surface area contributed by atoms with Crippen molar-refractivity contribution in [2.45, 2.75) is 64.2 Å². The van der Waals surface area contributed by atoms with Crippen LogP contribution in [-0.4, -0.2) is 49.1 Å². The summed E-state index contributed by atoms with van der Waals surface area (Å²) < 4.78 is 0. The maximum atomic E-state index is 10.6. The molecule has 0 amide bonds. The highest BCUT2D eigenvalue weighted by atomic mass is 16.5. The van der Waals surface area contributed by atoms with Crippen molar-refractivity contribution in [3.05, 3.63) is 0 Å². The Kier molecular flexibility index (Phi) is 2.90. The molecule has 2 rings (SSSR count). The van der Waals surface area contributed by atoms with Crippen LogP contribution in [0, 0.1) is 11.3 Å². The Bertz CT molecular complexity index is 349. The van der Waals surface area contributed by atoms with E-state index in [0.717, 1.165) is 12.8 Å². The lowest BCUT2D eigenvalue weighted by molar-refractivity contribution is -0.323. The highest BCUT2D eigenvalue weighted by Gasteiger charge is 2.76. The van der Waals surface area contributed by atoms with E-state index in [2.05, 4.69) is 0 Å². The average molecular weight is 259 g/mol. The standard InChI is InChI=1S/C13H25NO4/c1-5-14-10(4,13(17,18)9(2)3)11(6-7-11)8-12(14,15)16/h9,15-18H,5-8H2,1-4H3/t10-/m1/s1. The first-order valence-corrected chi connectivity index (χ1v) is 6.72. The van der Waals surface area contributed by atoms with Gasteiger partial charge in [0.1, 0.15) is 0 Å². The summed E-state index contributed by atoms with van der Waals surface area (Å²) >= 11 is 0. The number of rotatable bonds is 3. The third-order valence-corrected chi connectivity index (χ3v) is 5.27. The zero-order chi connectivity index (χ0) is 14.0. The molecule has 1 aliphatic carbocycles. The molecule has 0 unspecified atom stereocenters. The number of likely N-dealkylation sites (N-methyl/N-ethyl adjacent to an activating group) is 1. The number of likely N-dealkylation sites (tertiary alicyclic amines) is 1. The summed E-state index contributed by atoms with van der Waals surface area (Å²) in [6.45, 7) is 7.39. The molecule has 106 valence electrons. The fraction of sp³-hybridized carbons (Fsp3) is 1.00. The van der Waals surface area contributed by atoms with Crippen molar-refractivity contribution in [3.8, 4) is 0 Å². The number of hydrogen-bond acceptors (Lipinski definition) is 5. The summed E-state index contributed by atoms with van der Waals surface area (Å²) in [5.74, 6) is -4.29. The SMILES string of the molecule is CCN1C(O)(O)CC2(CC2)[C@]1(C)C(O)(O)C(C)C. The minimum absolute atomic E-state index is 0.180. The topological polar surface area (TPSA) is 84.2 Å². The van der Waals surface area contributed by atoms with Crippen molar-refractivity contribution in [1.82, 2.24) is 4.90 Å². The fourth-order valence-corrected chi connectivity index (χ4v) is 3.90. The van der Waals surface area contributed by atoms with E-state index in [1.807, 2.05) is 0 Å². The largest absolute Gasteiger partial charge is 0.364 e. The Balaban J connectivity index is 2.52. The van der Waals surface area contributed by atoms with Gasteiger partial charge in [-0.2, -0.15) is 0 Å². The van der Waals surface area contributed by atoms with Gasteiger partial charge in [0.2, 0.25) is 5.91 Å². The van der Waals surface area contributed by atoms with Crippen LogP contribution >= 0.6 is 0 Å². The molecule has 2 fully saturated rings. The Hall–Kier alpha value is -0.200. The molecule has 1 heterocycles. The van der Waals surface area contributed by atoms with Crippen molar-refractivity contribution >= 4 is 0 Å². The Morgan fingerprint density at radius 3 is 2.06 bits per heavy atom. The van der Waals surface area contributed by atoms with Gasteiger partial charge in [0, 0.05) is 24.3 Å². The molecular weight excluding hydrogens is 234 g/mol. The summed E-state index contributed by atoms with van der Waals surface area (Å²) in [5.41, 5.74) is -1.44. The van der Waals surface area contributed by atoms with Gasteiger partial charge in [0.05, 0.1) is 5.54 Å². The summed E-state index contributed by atoms with van der Waals surface area (Å²) in [5, 5.41) is 41.4. The van der Waals surface area contributed by atoms with Gasteiger partial charge in [-0.25, -0.2) is 4.90 Å². The lowest BCUT2D eigenvalue weighted by atomic mass is 9.72. The van der Waals surface area contributed by atoms with E-state index in [1.165, 1.54) is 4.90 Å². The molecule has 1 aliphatic heterocycles. The second-order valence-corrected chi connectivity index (χ2v) is 6.43. The molecule has 0 aromatic carbocycles. The van der Waals surface area contributed by atoms with Gasteiger partial charge in [0.15, 0.2) is 5.79 Å². The first kappa shape index (κ1) is 14.2. The van der Waals surface area contributed by atoms with Crippen LogP contribution in [0.5, 0.6) is 0 Å². The molecule has 0 aromatic heterocycles. The van der Waals surface area contributed by atoms with E-state index >= 15 is 0 Å². The lowest BCUT2D eigenvalue weighted by Crippen LogP contribution is -2.68. The van der Waals surface area contributed by atoms with Gasteiger partial charge < -0.3 is 20.4 Å². The average Bonchev–Trinajstić information content (AvgIpc) is 2.93. The molecule has 5 nitrogen and oxygen atoms in total. The molecule has 1 saturated heterocycles. The number of hydrogen-bond donors (Lipinski definition) is 4. The van der Waals surface area contributed by atoms with E-state index < -0.39 is 22.7 Å². The predicted octanol–water partition coefficient (Wildman–Crippen LogP) is 0.226. The molecule has 0 bridgehead atoms. The van der Waals surface area contributed by atoms with Crippen molar-refractivity contribution < 1.29 is 20.4 Å². The van der Waals surface area contributed by atoms with E-state index in [0.29, 0.717) is 6.54 Å². The molecule has 18 heavy (non-hydrogen) atoms. The summed E-state index contributed by atoms with van der Waals surface area (Å²) in [7, 11) is 0. The molecular formula is C13H25NO4. The minimum Gasteiger partial charge on any atom is -0.364 e. The molecule has 5 heteroatoms. The van der Waals surface area contributed by atoms with Gasteiger partial charge in [-0.3, -0.25) is 0 Å². The summed E-state index contributed by atoms with van der Waals surface area (Å²) in [6.07, 6.45) is 1.79. The van der Waals surface area contributed by atoms with E-state index in [1.54, 1.807) is 27.7 Å². The number of nitrogens with zero attached hydrogens (tertiary/aromatic N) is 1. The molecule has 0 aromatic rings. The molecule has 1 spiro atoms. The summed E-state index contributed by atoms with van der Waals surface area (Å²) in [6, 6.07) is 0. The van der Waals surface area contributed by atoms with Crippen molar-refractivity contribution in [2.75, 3.05) is 6.54 Å². The highest BCUT2D eigenvalue weighted by molar-refractivity contribution is 5.23. The van der Waals surface area contributed by atoms with Crippen LogP contribution in [0.15, 0.2) is 0 Å². The van der Waals surface area contributed by atoms with Crippen LogP contribution in [0.25, 0.3) is 0 Å². The van der Waals surface area contributed by atoms with Crippen LogP contribution in [0.3, 0.4) is 0 Å². The van der Waals surface area contributed by atoms with Crippen LogP contribution in [0.4, 0.5) is 0 Å². The predicted molar refractivity (Wildman–Crippen MR) is 66.2 cm³/mol. The molecule has 1 saturated carbocycles.